The molecule has 1 N–H and O–H groups in total. The number of hydrogen-bond donors (Lipinski definition) is 1. The summed E-state index contributed by atoms with van der Waals surface area (Å²) < 4.78 is 5.71. The Labute approximate surface area is 175 Å². The summed E-state index contributed by atoms with van der Waals surface area (Å²) in [6.45, 7) is 0. The minimum absolute atomic E-state index is 0.237. The Morgan fingerprint density at radius 3 is 2.50 bits per heavy atom. The summed E-state index contributed by atoms with van der Waals surface area (Å²) in [5, 5.41) is 11.4. The fourth-order valence-corrected chi connectivity index (χ4v) is 3.13. The van der Waals surface area contributed by atoms with Crippen LogP contribution in [0.25, 0.3) is 17.4 Å². The van der Waals surface area contributed by atoms with E-state index >= 15 is 0 Å². The number of amides is 4. The summed E-state index contributed by atoms with van der Waals surface area (Å²) in [5.41, 5.74) is 1.23. The van der Waals surface area contributed by atoms with Crippen molar-refractivity contribution in [2.24, 2.45) is 0 Å². The van der Waals surface area contributed by atoms with Crippen LogP contribution in [0.3, 0.4) is 0 Å². The summed E-state index contributed by atoms with van der Waals surface area (Å²) in [6.07, 6.45) is 1.27. The molecule has 146 valence electrons. The topological polar surface area (TPSA) is 103 Å². The molecule has 1 saturated heterocycles. The number of barbiturate groups is 1. The van der Waals surface area contributed by atoms with Crippen molar-refractivity contribution in [3.63, 3.8) is 0 Å². The third kappa shape index (κ3) is 3.60. The Morgan fingerprint density at radius 2 is 1.80 bits per heavy atom. The Kier molecular flexibility index (Phi) is 4.92. The minimum atomic E-state index is -0.859. The summed E-state index contributed by atoms with van der Waals surface area (Å²) in [5.74, 6) is -0.854. The molecule has 0 unspecified atom stereocenters. The van der Waals surface area contributed by atoms with E-state index in [1.165, 1.54) is 18.2 Å². The molecule has 0 radical (unpaired) electrons. The maximum atomic E-state index is 12.9. The molecule has 2 heterocycles. The number of furan rings is 1. The monoisotopic (exact) mass is 417 g/mol. The number of rotatable bonds is 3. The van der Waals surface area contributed by atoms with Gasteiger partial charge in [-0.15, -0.1) is 0 Å². The molecule has 1 aliphatic heterocycles. The fourth-order valence-electron chi connectivity index (χ4n) is 2.94. The van der Waals surface area contributed by atoms with Gasteiger partial charge in [0.25, 0.3) is 11.8 Å². The number of benzene rings is 2. The third-order valence-electron chi connectivity index (χ3n) is 4.38. The summed E-state index contributed by atoms with van der Waals surface area (Å²) in [7, 11) is 0. The van der Waals surface area contributed by atoms with Crippen molar-refractivity contribution in [3.8, 4) is 17.4 Å². The van der Waals surface area contributed by atoms with E-state index in [-0.39, 0.29) is 17.0 Å². The maximum absolute atomic E-state index is 12.9. The summed E-state index contributed by atoms with van der Waals surface area (Å²) in [6, 6.07) is 17.4. The molecule has 4 rings (SSSR count). The number of nitriles is 1. The van der Waals surface area contributed by atoms with Crippen molar-refractivity contribution in [2.45, 2.75) is 0 Å². The smallest absolute Gasteiger partial charge is 0.335 e. The van der Waals surface area contributed by atoms with Gasteiger partial charge in [-0.2, -0.15) is 5.26 Å². The van der Waals surface area contributed by atoms with Gasteiger partial charge in [-0.05, 0) is 60.7 Å². The highest BCUT2D eigenvalue weighted by Crippen LogP contribution is 2.27. The second-order valence-corrected chi connectivity index (χ2v) is 6.77. The average molecular weight is 418 g/mol. The fraction of sp³-hybridized carbons (Fsp3) is 0. The first-order chi connectivity index (χ1) is 14.5. The van der Waals surface area contributed by atoms with Crippen LogP contribution in [0.1, 0.15) is 11.3 Å². The molecule has 4 amide bonds. The Hall–Kier alpha value is -4.15. The van der Waals surface area contributed by atoms with Gasteiger partial charge in [-0.25, -0.2) is 9.69 Å². The maximum Gasteiger partial charge on any atom is 0.335 e. The van der Waals surface area contributed by atoms with Crippen LogP contribution in [-0.4, -0.2) is 17.8 Å². The third-order valence-corrected chi connectivity index (χ3v) is 4.62. The largest absolute Gasteiger partial charge is 0.457 e. The van der Waals surface area contributed by atoms with Crippen LogP contribution in [0, 0.1) is 11.3 Å². The van der Waals surface area contributed by atoms with Gasteiger partial charge in [0.1, 0.15) is 17.1 Å². The first-order valence-electron chi connectivity index (χ1n) is 8.73. The van der Waals surface area contributed by atoms with Crippen molar-refractivity contribution in [1.82, 2.24) is 5.32 Å². The van der Waals surface area contributed by atoms with Crippen molar-refractivity contribution < 1.29 is 18.8 Å². The molecule has 3 aromatic rings. The predicted molar refractivity (Wildman–Crippen MR) is 109 cm³/mol. The quantitative estimate of drug-likeness (QED) is 0.509. The van der Waals surface area contributed by atoms with Gasteiger partial charge in [-0.3, -0.25) is 14.9 Å². The molecule has 7 nitrogen and oxygen atoms in total. The molecule has 0 aliphatic carbocycles. The van der Waals surface area contributed by atoms with Crippen LogP contribution >= 0.6 is 11.6 Å². The highest BCUT2D eigenvalue weighted by molar-refractivity contribution is 6.39. The van der Waals surface area contributed by atoms with Gasteiger partial charge in [0.05, 0.1) is 17.3 Å². The lowest BCUT2D eigenvalue weighted by atomic mass is 10.1. The van der Waals surface area contributed by atoms with E-state index in [9.17, 15) is 14.4 Å². The zero-order chi connectivity index (χ0) is 21.3. The number of carbonyl (C=O) groups is 3. The predicted octanol–water partition coefficient (Wildman–Crippen LogP) is 4.14. The lowest BCUT2D eigenvalue weighted by Gasteiger charge is -2.26. The second-order valence-electron chi connectivity index (χ2n) is 6.33. The lowest BCUT2D eigenvalue weighted by Crippen LogP contribution is -2.54. The first kappa shape index (κ1) is 19.2. The Balaban J connectivity index is 1.66. The van der Waals surface area contributed by atoms with Crippen LogP contribution in [-0.2, 0) is 9.59 Å². The van der Waals surface area contributed by atoms with Gasteiger partial charge < -0.3 is 4.42 Å². The number of nitrogens with zero attached hydrogens (tertiary/aromatic N) is 2. The van der Waals surface area contributed by atoms with Gasteiger partial charge in [-0.1, -0.05) is 17.7 Å². The molecule has 1 aliphatic rings. The standard InChI is InChI=1S/C22H12ClN3O4/c23-15-2-1-3-16(10-15)26-21(28)18(20(27)25-22(26)29)11-17-8-9-19(30-17)14-6-4-13(12-24)5-7-14/h1-11H,(H,25,27,29)/b18-11+. The van der Waals surface area contributed by atoms with Gasteiger partial charge in [0, 0.05) is 10.6 Å². The zero-order valence-electron chi connectivity index (χ0n) is 15.3. The molecule has 8 heteroatoms. The van der Waals surface area contributed by atoms with Crippen LogP contribution < -0.4 is 10.2 Å². The molecule has 30 heavy (non-hydrogen) atoms. The van der Waals surface area contributed by atoms with E-state index in [0.717, 1.165) is 10.5 Å². The van der Waals surface area contributed by atoms with Gasteiger partial charge in [0.15, 0.2) is 0 Å². The summed E-state index contributed by atoms with van der Waals surface area (Å²) >= 11 is 5.95. The van der Waals surface area contributed by atoms with E-state index in [1.54, 1.807) is 48.5 Å². The number of hydrogen-bond acceptors (Lipinski definition) is 5. The van der Waals surface area contributed by atoms with Crippen molar-refractivity contribution >= 4 is 41.2 Å². The molecule has 1 aromatic heterocycles. The van der Waals surface area contributed by atoms with Crippen molar-refractivity contribution in [3.05, 3.63) is 82.6 Å². The molecular formula is C22H12ClN3O4. The normalized spacial score (nSPS) is 15.3. The molecule has 0 atom stereocenters. The molecule has 2 aromatic carbocycles. The molecular weight excluding hydrogens is 406 g/mol. The highest BCUT2D eigenvalue weighted by Gasteiger charge is 2.37. The number of halogens is 1. The first-order valence-corrected chi connectivity index (χ1v) is 9.11. The van der Waals surface area contributed by atoms with Crippen LogP contribution in [0.2, 0.25) is 5.02 Å². The zero-order valence-corrected chi connectivity index (χ0v) is 16.0. The van der Waals surface area contributed by atoms with Gasteiger partial charge in [0.2, 0.25) is 0 Å². The lowest BCUT2D eigenvalue weighted by molar-refractivity contribution is -0.122. The highest BCUT2D eigenvalue weighted by atomic mass is 35.5. The van der Waals surface area contributed by atoms with Crippen molar-refractivity contribution in [2.75, 3.05) is 4.90 Å². The number of nitrogens with one attached hydrogen (secondary N) is 1. The van der Waals surface area contributed by atoms with Gasteiger partial charge >= 0.3 is 6.03 Å². The van der Waals surface area contributed by atoms with E-state index in [4.69, 9.17) is 21.3 Å². The number of carbonyl (C=O) groups excluding carboxylic acids is 3. The Bertz CT molecular complexity index is 1250. The SMILES string of the molecule is N#Cc1ccc(-c2ccc(/C=C3\C(=O)NC(=O)N(c4cccc(Cl)c4)C3=O)o2)cc1. The second kappa shape index (κ2) is 7.70. The number of imide groups is 2. The van der Waals surface area contributed by atoms with E-state index in [0.29, 0.717) is 16.3 Å². The van der Waals surface area contributed by atoms with E-state index in [1.807, 2.05) is 6.07 Å². The van der Waals surface area contributed by atoms with Crippen molar-refractivity contribution in [1.29, 1.82) is 5.26 Å². The minimum Gasteiger partial charge on any atom is -0.457 e. The Morgan fingerprint density at radius 1 is 1.03 bits per heavy atom. The average Bonchev–Trinajstić information content (AvgIpc) is 3.20. The number of urea groups is 1. The molecule has 1 fully saturated rings. The molecule has 0 spiro atoms. The van der Waals surface area contributed by atoms with E-state index in [2.05, 4.69) is 5.32 Å². The van der Waals surface area contributed by atoms with Crippen LogP contribution in [0.5, 0.6) is 0 Å². The van der Waals surface area contributed by atoms with Crippen LogP contribution in [0.4, 0.5) is 10.5 Å². The molecule has 0 bridgehead atoms. The molecule has 0 saturated carbocycles. The van der Waals surface area contributed by atoms with E-state index < -0.39 is 17.8 Å². The summed E-state index contributed by atoms with van der Waals surface area (Å²) in [4.78, 5) is 38.2. The van der Waals surface area contributed by atoms with Crippen LogP contribution in [0.15, 0.2) is 70.7 Å². The number of anilines is 1.